The van der Waals surface area contributed by atoms with Gasteiger partial charge < -0.3 is 18.3 Å². The van der Waals surface area contributed by atoms with Crippen molar-refractivity contribution >= 4 is 19.2 Å². The largest absolute Gasteiger partial charge is 0.647 e. The number of phosphoric ester groups is 1. The van der Waals surface area contributed by atoms with E-state index in [2.05, 4.69) is 0 Å². The van der Waals surface area contributed by atoms with Crippen molar-refractivity contribution in [3.8, 4) is 17.2 Å². The molecule has 4 aromatic carbocycles. The molecule has 0 fully saturated rings. The molecule has 172 valence electrons. The van der Waals surface area contributed by atoms with Gasteiger partial charge in [-0.3, -0.25) is 0 Å². The monoisotopic (exact) mass is 472 g/mol. The molecule has 0 radical (unpaired) electrons. The first-order chi connectivity index (χ1) is 16.6. The van der Waals surface area contributed by atoms with E-state index in [9.17, 15) is 4.57 Å². The number of hydrogen-bond acceptors (Lipinski definition) is 5. The Morgan fingerprint density at radius 3 is 1.53 bits per heavy atom. The fraction of sp³-hybridized carbons (Fsp3) is 0.0714. The van der Waals surface area contributed by atoms with Crippen LogP contribution < -0.4 is 13.8 Å². The lowest BCUT2D eigenvalue weighted by Crippen LogP contribution is -2.06. The molecule has 0 aliphatic heterocycles. The molecule has 0 unspecified atom stereocenters. The van der Waals surface area contributed by atoms with Crippen molar-refractivity contribution < 1.29 is 22.9 Å². The summed E-state index contributed by atoms with van der Waals surface area (Å²) in [5.41, 5.74) is 2.39. The van der Waals surface area contributed by atoms with Gasteiger partial charge in [0.05, 0.1) is 7.11 Å². The second-order valence-corrected chi connectivity index (χ2v) is 8.84. The van der Waals surface area contributed by atoms with Crippen molar-refractivity contribution in [1.82, 2.24) is 0 Å². The van der Waals surface area contributed by atoms with Gasteiger partial charge in [-0.2, -0.15) is 4.57 Å². The van der Waals surface area contributed by atoms with Gasteiger partial charge in [-0.05, 0) is 54.5 Å². The summed E-state index contributed by atoms with van der Waals surface area (Å²) >= 11 is 0. The van der Waals surface area contributed by atoms with Crippen LogP contribution in [0.5, 0.6) is 17.2 Å². The number of phosphoric acid groups is 1. The second kappa shape index (κ2) is 10.8. The van der Waals surface area contributed by atoms with Gasteiger partial charge in [0.1, 0.15) is 23.0 Å². The third-order valence-corrected chi connectivity index (χ3v) is 6.30. The molecule has 0 aliphatic rings. The molecule has 0 bridgehead atoms. The van der Waals surface area contributed by atoms with Crippen LogP contribution in [0.2, 0.25) is 0 Å². The van der Waals surface area contributed by atoms with Gasteiger partial charge >= 0.3 is 7.82 Å². The SMILES string of the molecule is COc1ccc(/C(C)=C(\OP(=O)(Oc2ccccc2)Oc2ccccc2)c2ccccc2)cc1. The molecule has 0 aromatic heterocycles. The van der Waals surface area contributed by atoms with Gasteiger partial charge in [0.15, 0.2) is 0 Å². The van der Waals surface area contributed by atoms with Gasteiger partial charge in [-0.1, -0.05) is 78.9 Å². The highest BCUT2D eigenvalue weighted by atomic mass is 31.2. The summed E-state index contributed by atoms with van der Waals surface area (Å²) in [4.78, 5) is 0. The molecule has 5 nitrogen and oxygen atoms in total. The molecular formula is C28H25O5P. The highest BCUT2D eigenvalue weighted by molar-refractivity contribution is 7.49. The Labute approximate surface area is 199 Å². The molecule has 0 N–H and O–H groups in total. The van der Waals surface area contributed by atoms with E-state index in [4.69, 9.17) is 18.3 Å². The smallest absolute Gasteiger partial charge is 0.497 e. The van der Waals surface area contributed by atoms with E-state index in [1.807, 2.05) is 73.7 Å². The second-order valence-electron chi connectivity index (χ2n) is 7.40. The van der Waals surface area contributed by atoms with Crippen LogP contribution in [0, 0.1) is 0 Å². The molecular weight excluding hydrogens is 447 g/mol. The number of rotatable bonds is 9. The van der Waals surface area contributed by atoms with Gasteiger partial charge in [0.2, 0.25) is 0 Å². The van der Waals surface area contributed by atoms with Crippen LogP contribution in [-0.2, 0) is 9.09 Å². The Bertz CT molecular complexity index is 1230. The Balaban J connectivity index is 1.78. The van der Waals surface area contributed by atoms with E-state index >= 15 is 0 Å². The van der Waals surface area contributed by atoms with Crippen molar-refractivity contribution in [3.63, 3.8) is 0 Å². The van der Waals surface area contributed by atoms with Crippen LogP contribution in [0.15, 0.2) is 115 Å². The Kier molecular flexibility index (Phi) is 7.36. The van der Waals surface area contributed by atoms with Crippen LogP contribution in [0.3, 0.4) is 0 Å². The lowest BCUT2D eigenvalue weighted by Gasteiger charge is -2.22. The van der Waals surface area contributed by atoms with Gasteiger partial charge in [0.25, 0.3) is 0 Å². The number of benzene rings is 4. The average molecular weight is 472 g/mol. The van der Waals surface area contributed by atoms with Crippen LogP contribution in [0.25, 0.3) is 11.3 Å². The molecule has 4 rings (SSSR count). The van der Waals surface area contributed by atoms with Gasteiger partial charge in [-0.15, -0.1) is 0 Å². The maximum Gasteiger partial charge on any atom is 0.647 e. The summed E-state index contributed by atoms with van der Waals surface area (Å²) < 4.78 is 37.2. The number of allylic oxidation sites excluding steroid dienone is 1. The van der Waals surface area contributed by atoms with Crippen molar-refractivity contribution in [2.75, 3.05) is 7.11 Å². The topological polar surface area (TPSA) is 54.0 Å². The summed E-state index contributed by atoms with van der Waals surface area (Å²) in [5, 5.41) is 0. The zero-order valence-corrected chi connectivity index (χ0v) is 19.9. The molecule has 0 saturated carbocycles. The molecule has 34 heavy (non-hydrogen) atoms. The minimum absolute atomic E-state index is 0.372. The zero-order valence-electron chi connectivity index (χ0n) is 19.0. The summed E-state index contributed by atoms with van der Waals surface area (Å²) in [6, 6.07) is 34.7. The Morgan fingerprint density at radius 2 is 1.06 bits per heavy atom. The van der Waals surface area contributed by atoms with Crippen LogP contribution >= 0.6 is 7.82 Å². The quantitative estimate of drug-likeness (QED) is 0.141. The summed E-state index contributed by atoms with van der Waals surface area (Å²) in [6.07, 6.45) is 0. The molecule has 6 heteroatoms. The molecule has 0 atom stereocenters. The summed E-state index contributed by atoms with van der Waals surface area (Å²) in [5.74, 6) is 1.87. The fourth-order valence-corrected chi connectivity index (χ4v) is 4.63. The van der Waals surface area contributed by atoms with E-state index in [1.165, 1.54) is 0 Å². The number of hydrogen-bond donors (Lipinski definition) is 0. The highest BCUT2D eigenvalue weighted by Crippen LogP contribution is 2.53. The third-order valence-electron chi connectivity index (χ3n) is 5.02. The minimum atomic E-state index is -4.16. The van der Waals surface area contributed by atoms with E-state index < -0.39 is 7.82 Å². The molecule has 0 amide bonds. The first-order valence-electron chi connectivity index (χ1n) is 10.8. The predicted molar refractivity (Wildman–Crippen MR) is 135 cm³/mol. The van der Waals surface area contributed by atoms with Crippen molar-refractivity contribution in [1.29, 1.82) is 0 Å². The lowest BCUT2D eigenvalue weighted by atomic mass is 10.0. The predicted octanol–water partition coefficient (Wildman–Crippen LogP) is 7.87. The third kappa shape index (κ3) is 5.89. The maximum atomic E-state index is 14.1. The molecule has 0 aliphatic carbocycles. The first-order valence-corrected chi connectivity index (χ1v) is 12.2. The van der Waals surface area contributed by atoms with Gasteiger partial charge in [-0.25, -0.2) is 0 Å². The van der Waals surface area contributed by atoms with Crippen molar-refractivity contribution in [3.05, 3.63) is 126 Å². The van der Waals surface area contributed by atoms with E-state index in [-0.39, 0.29) is 0 Å². The highest BCUT2D eigenvalue weighted by Gasteiger charge is 2.35. The van der Waals surface area contributed by atoms with E-state index in [0.29, 0.717) is 17.3 Å². The lowest BCUT2D eigenvalue weighted by molar-refractivity contribution is 0.285. The van der Waals surface area contributed by atoms with Crippen molar-refractivity contribution in [2.45, 2.75) is 6.92 Å². The zero-order chi connectivity index (χ0) is 23.8. The summed E-state index contributed by atoms with van der Waals surface area (Å²) in [6.45, 7) is 1.90. The molecule has 0 heterocycles. The number of ether oxygens (including phenoxy) is 1. The minimum Gasteiger partial charge on any atom is -0.497 e. The molecule has 0 spiro atoms. The maximum absolute atomic E-state index is 14.1. The normalized spacial score (nSPS) is 11.8. The van der Waals surface area contributed by atoms with Crippen LogP contribution in [0.4, 0.5) is 0 Å². The average Bonchev–Trinajstić information content (AvgIpc) is 2.88. The van der Waals surface area contributed by atoms with Gasteiger partial charge in [0, 0.05) is 5.56 Å². The molecule has 4 aromatic rings. The fourth-order valence-electron chi connectivity index (χ4n) is 3.29. The summed E-state index contributed by atoms with van der Waals surface area (Å²) in [7, 11) is -2.54. The standard InChI is InChI=1S/C28H25O5P/c1-22(23-18-20-25(30-2)21-19-23)28(24-12-6-3-7-13-24)33-34(29,31-26-14-8-4-9-15-26)32-27-16-10-5-11-17-27/h3-21H,1-2H3/b28-22-. The number of para-hydroxylation sites is 2. The van der Waals surface area contributed by atoms with E-state index in [0.717, 1.165) is 22.4 Å². The Hall–Kier alpha value is -3.95. The Morgan fingerprint density at radius 1 is 0.588 bits per heavy atom. The number of methoxy groups -OCH3 is 1. The van der Waals surface area contributed by atoms with Crippen LogP contribution in [0.1, 0.15) is 18.1 Å². The van der Waals surface area contributed by atoms with E-state index in [1.54, 1.807) is 55.6 Å². The van der Waals surface area contributed by atoms with Crippen molar-refractivity contribution in [2.24, 2.45) is 0 Å². The molecule has 0 saturated heterocycles. The van der Waals surface area contributed by atoms with Crippen LogP contribution in [-0.4, -0.2) is 7.11 Å². The first kappa shape index (κ1) is 23.2.